The zero-order valence-electron chi connectivity index (χ0n) is 8.45. The normalized spacial score (nSPS) is 9.53. The quantitative estimate of drug-likeness (QED) is 0.725. The molecule has 15 heavy (non-hydrogen) atoms. The molecule has 0 fully saturated rings. The molecule has 1 aromatic rings. The van der Waals surface area contributed by atoms with Crippen molar-refractivity contribution in [3.05, 3.63) is 18.2 Å². The van der Waals surface area contributed by atoms with Gasteiger partial charge in [0.1, 0.15) is 5.75 Å². The van der Waals surface area contributed by atoms with Crippen molar-refractivity contribution < 1.29 is 19.0 Å². The van der Waals surface area contributed by atoms with Crippen LogP contribution in [0.25, 0.3) is 0 Å². The Bertz CT molecular complexity index is 351. The summed E-state index contributed by atoms with van der Waals surface area (Å²) in [5, 5.41) is -0.562. The minimum absolute atomic E-state index is 0.190. The maximum absolute atomic E-state index is 10.5. The Morgan fingerprint density at radius 2 is 2.00 bits per heavy atom. The van der Waals surface area contributed by atoms with E-state index >= 15 is 0 Å². The Hall–Kier alpha value is -1.42. The van der Waals surface area contributed by atoms with Crippen molar-refractivity contribution >= 4 is 16.8 Å². The van der Waals surface area contributed by atoms with Crippen LogP contribution in [0.4, 0.5) is 0 Å². The SMILES string of the molecule is COc1ccc(OCC(=O)Cl)c(OC)c1. The van der Waals surface area contributed by atoms with Gasteiger partial charge in [-0.3, -0.25) is 4.79 Å². The van der Waals surface area contributed by atoms with Gasteiger partial charge in [-0.15, -0.1) is 0 Å². The molecule has 0 saturated carbocycles. The molecule has 0 aliphatic carbocycles. The van der Waals surface area contributed by atoms with E-state index in [4.69, 9.17) is 25.8 Å². The minimum Gasteiger partial charge on any atom is -0.497 e. The second kappa shape index (κ2) is 5.46. The number of benzene rings is 1. The third-order valence-electron chi connectivity index (χ3n) is 1.71. The van der Waals surface area contributed by atoms with Gasteiger partial charge in [-0.25, -0.2) is 0 Å². The Morgan fingerprint density at radius 1 is 1.27 bits per heavy atom. The molecule has 0 radical (unpaired) electrons. The van der Waals surface area contributed by atoms with Crippen LogP contribution < -0.4 is 14.2 Å². The van der Waals surface area contributed by atoms with E-state index in [9.17, 15) is 4.79 Å². The lowest BCUT2D eigenvalue weighted by Gasteiger charge is -2.10. The van der Waals surface area contributed by atoms with Crippen LogP contribution >= 0.6 is 11.6 Å². The monoisotopic (exact) mass is 230 g/mol. The van der Waals surface area contributed by atoms with E-state index in [0.717, 1.165) is 0 Å². The molecule has 5 heteroatoms. The molecule has 0 N–H and O–H groups in total. The topological polar surface area (TPSA) is 44.8 Å². The number of rotatable bonds is 5. The van der Waals surface area contributed by atoms with Crippen LogP contribution in [-0.4, -0.2) is 26.1 Å². The van der Waals surface area contributed by atoms with Gasteiger partial charge >= 0.3 is 0 Å². The first kappa shape index (κ1) is 11.7. The molecule has 1 rings (SSSR count). The van der Waals surface area contributed by atoms with E-state index in [-0.39, 0.29) is 6.61 Å². The fraction of sp³-hybridized carbons (Fsp3) is 0.300. The van der Waals surface area contributed by atoms with Crippen molar-refractivity contribution in [1.82, 2.24) is 0 Å². The van der Waals surface area contributed by atoms with Crippen LogP contribution in [0.1, 0.15) is 0 Å². The summed E-state index contributed by atoms with van der Waals surface area (Å²) in [6, 6.07) is 5.02. The van der Waals surface area contributed by atoms with Crippen molar-refractivity contribution in [2.75, 3.05) is 20.8 Å². The van der Waals surface area contributed by atoms with Crippen molar-refractivity contribution in [2.24, 2.45) is 0 Å². The molecule has 0 atom stereocenters. The van der Waals surface area contributed by atoms with Crippen molar-refractivity contribution in [3.63, 3.8) is 0 Å². The molecule has 0 saturated heterocycles. The Labute approximate surface area is 92.7 Å². The summed E-state index contributed by atoms with van der Waals surface area (Å²) >= 11 is 5.15. The predicted molar refractivity (Wildman–Crippen MR) is 55.9 cm³/mol. The highest BCUT2D eigenvalue weighted by Gasteiger charge is 2.07. The van der Waals surface area contributed by atoms with Gasteiger partial charge in [0.15, 0.2) is 18.1 Å². The minimum atomic E-state index is -0.562. The molecule has 0 unspecified atom stereocenters. The Balaban J connectivity index is 2.82. The van der Waals surface area contributed by atoms with E-state index in [1.165, 1.54) is 7.11 Å². The van der Waals surface area contributed by atoms with Crippen LogP contribution in [0.5, 0.6) is 17.2 Å². The maximum atomic E-state index is 10.5. The Kier molecular flexibility index (Phi) is 4.24. The first-order chi connectivity index (χ1) is 7.17. The lowest BCUT2D eigenvalue weighted by molar-refractivity contribution is -0.113. The van der Waals surface area contributed by atoms with Crippen molar-refractivity contribution in [1.29, 1.82) is 0 Å². The highest BCUT2D eigenvalue weighted by molar-refractivity contribution is 6.63. The second-order valence-corrected chi connectivity index (χ2v) is 3.08. The summed E-state index contributed by atoms with van der Waals surface area (Å²) in [6.07, 6.45) is 0. The zero-order chi connectivity index (χ0) is 11.3. The highest BCUT2D eigenvalue weighted by Crippen LogP contribution is 2.31. The van der Waals surface area contributed by atoms with Crippen LogP contribution in [0.2, 0.25) is 0 Å². The van der Waals surface area contributed by atoms with Gasteiger partial charge in [-0.2, -0.15) is 0 Å². The average molecular weight is 231 g/mol. The first-order valence-corrected chi connectivity index (χ1v) is 4.58. The second-order valence-electron chi connectivity index (χ2n) is 2.66. The smallest absolute Gasteiger partial charge is 0.259 e. The number of hydrogen-bond acceptors (Lipinski definition) is 4. The third kappa shape index (κ3) is 3.32. The molecule has 0 spiro atoms. The fourth-order valence-electron chi connectivity index (χ4n) is 1.03. The first-order valence-electron chi connectivity index (χ1n) is 4.20. The fourth-order valence-corrected chi connectivity index (χ4v) is 1.08. The van der Waals surface area contributed by atoms with Crippen LogP contribution in [-0.2, 0) is 4.79 Å². The number of carbonyl (C=O) groups excluding carboxylic acids is 1. The summed E-state index contributed by atoms with van der Waals surface area (Å²) in [5.74, 6) is 1.59. The van der Waals surface area contributed by atoms with Crippen molar-refractivity contribution in [3.8, 4) is 17.2 Å². The molecular weight excluding hydrogens is 220 g/mol. The Morgan fingerprint density at radius 3 is 2.53 bits per heavy atom. The molecule has 0 aliphatic heterocycles. The summed E-state index contributed by atoms with van der Waals surface area (Å²) < 4.78 is 15.2. The summed E-state index contributed by atoms with van der Waals surface area (Å²) in [7, 11) is 3.06. The standard InChI is InChI=1S/C10H11ClO4/c1-13-7-3-4-8(9(5-7)14-2)15-6-10(11)12/h3-5H,6H2,1-2H3. The number of halogens is 1. The van der Waals surface area contributed by atoms with Crippen LogP contribution in [0, 0.1) is 0 Å². The molecule has 1 aromatic carbocycles. The average Bonchev–Trinajstić information content (AvgIpc) is 2.25. The molecule has 4 nitrogen and oxygen atoms in total. The van der Waals surface area contributed by atoms with Crippen LogP contribution in [0.15, 0.2) is 18.2 Å². The van der Waals surface area contributed by atoms with Gasteiger partial charge in [0.05, 0.1) is 14.2 Å². The predicted octanol–water partition coefficient (Wildman–Crippen LogP) is 1.85. The zero-order valence-corrected chi connectivity index (χ0v) is 9.21. The van der Waals surface area contributed by atoms with E-state index in [0.29, 0.717) is 17.2 Å². The van der Waals surface area contributed by atoms with Gasteiger partial charge in [0, 0.05) is 6.07 Å². The van der Waals surface area contributed by atoms with Gasteiger partial charge in [-0.1, -0.05) is 0 Å². The third-order valence-corrected chi connectivity index (χ3v) is 1.82. The molecule has 0 aromatic heterocycles. The number of hydrogen-bond donors (Lipinski definition) is 0. The van der Waals surface area contributed by atoms with Crippen molar-refractivity contribution in [2.45, 2.75) is 0 Å². The van der Waals surface area contributed by atoms with E-state index in [2.05, 4.69) is 0 Å². The van der Waals surface area contributed by atoms with Crippen LogP contribution in [0.3, 0.4) is 0 Å². The number of methoxy groups -OCH3 is 2. The summed E-state index contributed by atoms with van der Waals surface area (Å²) in [4.78, 5) is 10.5. The lowest BCUT2D eigenvalue weighted by atomic mass is 10.3. The van der Waals surface area contributed by atoms with E-state index < -0.39 is 5.24 Å². The lowest BCUT2D eigenvalue weighted by Crippen LogP contribution is -2.05. The molecule has 0 bridgehead atoms. The summed E-state index contributed by atoms with van der Waals surface area (Å²) in [5.41, 5.74) is 0. The molecule has 0 heterocycles. The van der Waals surface area contributed by atoms with E-state index in [1.807, 2.05) is 0 Å². The molecule has 0 amide bonds. The van der Waals surface area contributed by atoms with Gasteiger partial charge in [0.2, 0.25) is 0 Å². The number of carbonyl (C=O) groups is 1. The number of ether oxygens (including phenoxy) is 3. The van der Waals surface area contributed by atoms with Gasteiger partial charge < -0.3 is 14.2 Å². The maximum Gasteiger partial charge on any atom is 0.259 e. The van der Waals surface area contributed by atoms with Gasteiger partial charge in [-0.05, 0) is 23.7 Å². The molecule has 82 valence electrons. The highest BCUT2D eigenvalue weighted by atomic mass is 35.5. The largest absolute Gasteiger partial charge is 0.497 e. The van der Waals surface area contributed by atoms with E-state index in [1.54, 1.807) is 25.3 Å². The molecule has 0 aliphatic rings. The van der Waals surface area contributed by atoms with Gasteiger partial charge in [0.25, 0.3) is 5.24 Å². The molecular formula is C10H11ClO4. The summed E-state index contributed by atoms with van der Waals surface area (Å²) in [6.45, 7) is -0.190.